The Morgan fingerprint density at radius 2 is 2.35 bits per heavy atom. The van der Waals surface area contributed by atoms with Gasteiger partial charge < -0.3 is 9.64 Å². The molecule has 2 aromatic heterocycles. The Labute approximate surface area is 162 Å². The molecule has 1 aliphatic heterocycles. The van der Waals surface area contributed by atoms with E-state index in [1.807, 2.05) is 31.4 Å². The van der Waals surface area contributed by atoms with Crippen LogP contribution in [0.3, 0.4) is 0 Å². The minimum absolute atomic E-state index is 0.143. The zero-order valence-corrected chi connectivity index (χ0v) is 16.8. The fourth-order valence-corrected chi connectivity index (χ4v) is 4.69. The first kappa shape index (κ1) is 18.9. The quantitative estimate of drug-likeness (QED) is 0.629. The first-order valence-electron chi connectivity index (χ1n) is 8.63. The fourth-order valence-electron chi connectivity index (χ4n) is 3.09. The second kappa shape index (κ2) is 8.21. The molecule has 0 saturated heterocycles. The number of hydrogen-bond donors (Lipinski definition) is 1. The molecule has 2 aromatic rings. The molecule has 0 saturated carbocycles. The molecule has 0 aromatic carbocycles. The maximum absolute atomic E-state index is 11.9. The number of carbonyl (C=O) groups is 1. The van der Waals surface area contributed by atoms with Crippen molar-refractivity contribution in [2.75, 3.05) is 19.3 Å². The van der Waals surface area contributed by atoms with Gasteiger partial charge in [-0.05, 0) is 25.3 Å². The number of likely N-dealkylation sites (N-methyl/N-ethyl adjacent to an activating group) is 1. The SMILES string of the molecule is CC(C)OC(=O)CSc1nc2c(c(-c3cccs3)c1C#N)C[NH+](C)CC2. The molecule has 1 unspecified atom stereocenters. The molecule has 1 atom stereocenters. The van der Waals surface area contributed by atoms with Gasteiger partial charge in [-0.25, -0.2) is 4.98 Å². The summed E-state index contributed by atoms with van der Waals surface area (Å²) < 4.78 is 5.20. The molecule has 136 valence electrons. The highest BCUT2D eigenvalue weighted by Crippen LogP contribution is 2.37. The summed E-state index contributed by atoms with van der Waals surface area (Å²) in [5.41, 5.74) is 3.79. The topological polar surface area (TPSA) is 67.4 Å². The summed E-state index contributed by atoms with van der Waals surface area (Å²) in [6.07, 6.45) is 0.741. The second-order valence-corrected chi connectivity index (χ2v) is 8.55. The lowest BCUT2D eigenvalue weighted by Gasteiger charge is -2.25. The minimum atomic E-state index is -0.282. The Morgan fingerprint density at radius 1 is 1.54 bits per heavy atom. The molecule has 0 fully saturated rings. The van der Waals surface area contributed by atoms with Gasteiger partial charge in [0.15, 0.2) is 0 Å². The highest BCUT2D eigenvalue weighted by molar-refractivity contribution is 7.99. The van der Waals surface area contributed by atoms with Crippen LogP contribution < -0.4 is 4.90 Å². The van der Waals surface area contributed by atoms with Crippen molar-refractivity contribution in [3.05, 3.63) is 34.3 Å². The van der Waals surface area contributed by atoms with Crippen molar-refractivity contribution >= 4 is 29.1 Å². The molecule has 0 spiro atoms. The summed E-state index contributed by atoms with van der Waals surface area (Å²) in [7, 11) is 2.16. The normalized spacial score (nSPS) is 16.2. The number of pyridine rings is 1. The van der Waals surface area contributed by atoms with E-state index in [9.17, 15) is 10.1 Å². The molecule has 3 rings (SSSR count). The average Bonchev–Trinajstić information content (AvgIpc) is 3.12. The first-order valence-corrected chi connectivity index (χ1v) is 10.5. The third-order valence-corrected chi connectivity index (χ3v) is 6.03. The van der Waals surface area contributed by atoms with Gasteiger partial charge in [-0.1, -0.05) is 17.8 Å². The fraction of sp³-hybridized carbons (Fsp3) is 0.421. The number of carbonyl (C=O) groups excluding carboxylic acids is 1. The molecule has 0 aliphatic carbocycles. The number of esters is 1. The standard InChI is InChI=1S/C19H21N3O2S2/c1-12(2)24-17(23)11-26-19-13(9-20)18(16-5-4-8-25-16)14-10-22(3)7-6-15(14)21-19/h4-5,8,12H,6-7,10-11H2,1-3H3/p+1. The monoisotopic (exact) mass is 388 g/mol. The summed E-state index contributed by atoms with van der Waals surface area (Å²) in [6, 6.07) is 6.39. The third kappa shape index (κ3) is 4.09. The van der Waals surface area contributed by atoms with Crippen molar-refractivity contribution in [2.45, 2.75) is 37.9 Å². The summed E-state index contributed by atoms with van der Waals surface area (Å²) >= 11 is 2.93. The molecule has 1 aliphatic rings. The van der Waals surface area contributed by atoms with Crippen molar-refractivity contribution in [2.24, 2.45) is 0 Å². The first-order chi connectivity index (χ1) is 12.5. The van der Waals surface area contributed by atoms with E-state index in [0.29, 0.717) is 10.6 Å². The Morgan fingerprint density at radius 3 is 3.00 bits per heavy atom. The van der Waals surface area contributed by atoms with Crippen LogP contribution in [0.15, 0.2) is 22.5 Å². The lowest BCUT2D eigenvalue weighted by Crippen LogP contribution is -3.08. The number of quaternary nitrogens is 1. The van der Waals surface area contributed by atoms with Gasteiger partial charge in [0.25, 0.3) is 0 Å². The minimum Gasteiger partial charge on any atom is -0.462 e. The summed E-state index contributed by atoms with van der Waals surface area (Å²) in [5.74, 6) is -0.122. The summed E-state index contributed by atoms with van der Waals surface area (Å²) in [6.45, 7) is 5.54. The van der Waals surface area contributed by atoms with Gasteiger partial charge in [0.1, 0.15) is 17.6 Å². The van der Waals surface area contributed by atoms with Crippen LogP contribution in [-0.2, 0) is 22.5 Å². The zero-order chi connectivity index (χ0) is 18.7. The van der Waals surface area contributed by atoms with E-state index in [1.165, 1.54) is 22.2 Å². The van der Waals surface area contributed by atoms with Crippen LogP contribution in [-0.4, -0.2) is 36.4 Å². The lowest BCUT2D eigenvalue weighted by molar-refractivity contribution is -0.895. The molecule has 1 N–H and O–H groups in total. The maximum Gasteiger partial charge on any atom is 0.316 e. The predicted octanol–water partition coefficient (Wildman–Crippen LogP) is 2.30. The highest BCUT2D eigenvalue weighted by Gasteiger charge is 2.27. The van der Waals surface area contributed by atoms with Gasteiger partial charge >= 0.3 is 5.97 Å². The van der Waals surface area contributed by atoms with Crippen LogP contribution in [0, 0.1) is 11.3 Å². The molecular formula is C19H22N3O2S2+. The van der Waals surface area contributed by atoms with Crippen LogP contribution >= 0.6 is 23.1 Å². The Hall–Kier alpha value is -1.88. The molecule has 0 amide bonds. The number of ether oxygens (including phenoxy) is 1. The molecule has 7 heteroatoms. The van der Waals surface area contributed by atoms with E-state index < -0.39 is 0 Å². The number of aromatic nitrogens is 1. The summed E-state index contributed by atoms with van der Waals surface area (Å²) in [4.78, 5) is 19.2. The van der Waals surface area contributed by atoms with Gasteiger partial charge in [-0.15, -0.1) is 11.3 Å². The van der Waals surface area contributed by atoms with E-state index >= 15 is 0 Å². The van der Waals surface area contributed by atoms with Crippen LogP contribution in [0.25, 0.3) is 10.4 Å². The van der Waals surface area contributed by atoms with Crippen LogP contribution in [0.2, 0.25) is 0 Å². The van der Waals surface area contributed by atoms with E-state index in [2.05, 4.69) is 13.1 Å². The highest BCUT2D eigenvalue weighted by atomic mass is 32.2. The molecular weight excluding hydrogens is 366 g/mol. The Kier molecular flexibility index (Phi) is 5.97. The van der Waals surface area contributed by atoms with Gasteiger partial charge in [0.2, 0.25) is 0 Å². The van der Waals surface area contributed by atoms with Crippen LogP contribution in [0.4, 0.5) is 0 Å². The van der Waals surface area contributed by atoms with Gasteiger partial charge in [-0.3, -0.25) is 4.79 Å². The molecule has 3 heterocycles. The van der Waals surface area contributed by atoms with Crippen molar-refractivity contribution < 1.29 is 14.4 Å². The smallest absolute Gasteiger partial charge is 0.316 e. The van der Waals surface area contributed by atoms with Crippen molar-refractivity contribution in [1.29, 1.82) is 5.26 Å². The number of thiophene rings is 1. The van der Waals surface area contributed by atoms with E-state index in [-0.39, 0.29) is 17.8 Å². The van der Waals surface area contributed by atoms with E-state index in [0.717, 1.165) is 35.6 Å². The largest absolute Gasteiger partial charge is 0.462 e. The Balaban J connectivity index is 2.02. The predicted molar refractivity (Wildman–Crippen MR) is 103 cm³/mol. The van der Waals surface area contributed by atoms with E-state index in [1.54, 1.807) is 11.3 Å². The van der Waals surface area contributed by atoms with Gasteiger partial charge in [-0.2, -0.15) is 5.26 Å². The van der Waals surface area contributed by atoms with Crippen molar-refractivity contribution in [3.8, 4) is 16.5 Å². The van der Waals surface area contributed by atoms with Gasteiger partial charge in [0, 0.05) is 22.4 Å². The number of nitrogens with one attached hydrogen (secondary N) is 1. The van der Waals surface area contributed by atoms with E-state index in [4.69, 9.17) is 9.72 Å². The van der Waals surface area contributed by atoms with Crippen molar-refractivity contribution in [3.63, 3.8) is 0 Å². The molecule has 5 nitrogen and oxygen atoms in total. The van der Waals surface area contributed by atoms with Gasteiger partial charge in [0.05, 0.1) is 36.7 Å². The molecule has 26 heavy (non-hydrogen) atoms. The number of nitriles is 1. The average molecular weight is 389 g/mol. The maximum atomic E-state index is 11.9. The second-order valence-electron chi connectivity index (χ2n) is 6.64. The molecule has 0 radical (unpaired) electrons. The number of rotatable bonds is 5. The molecule has 0 bridgehead atoms. The number of thioether (sulfide) groups is 1. The number of hydrogen-bond acceptors (Lipinski definition) is 6. The number of nitrogens with zero attached hydrogens (tertiary/aromatic N) is 2. The van der Waals surface area contributed by atoms with Crippen LogP contribution in [0.5, 0.6) is 0 Å². The third-order valence-electron chi connectivity index (χ3n) is 4.19. The van der Waals surface area contributed by atoms with Crippen LogP contribution in [0.1, 0.15) is 30.7 Å². The number of fused-ring (bicyclic) bond motifs is 1. The zero-order valence-electron chi connectivity index (χ0n) is 15.2. The van der Waals surface area contributed by atoms with Crippen molar-refractivity contribution in [1.82, 2.24) is 4.98 Å². The summed E-state index contributed by atoms with van der Waals surface area (Å²) in [5, 5.41) is 12.5. The Bertz CT molecular complexity index is 841. The lowest BCUT2D eigenvalue weighted by atomic mass is 9.96.